The highest BCUT2D eigenvalue weighted by Gasteiger charge is 2.23. The Morgan fingerprint density at radius 3 is 2.40 bits per heavy atom. The van der Waals surface area contributed by atoms with Crippen molar-refractivity contribution in [2.24, 2.45) is 11.7 Å². The van der Waals surface area contributed by atoms with Gasteiger partial charge in [-0.15, -0.1) is 0 Å². The van der Waals surface area contributed by atoms with Gasteiger partial charge >= 0.3 is 0 Å². The smallest absolute Gasteiger partial charge is 0.0637 e. The largest absolute Gasteiger partial charge is 0.379 e. The maximum Gasteiger partial charge on any atom is 0.0637 e. The molecule has 0 aromatic carbocycles. The monoisotopic (exact) mass is 213 g/mol. The van der Waals surface area contributed by atoms with Gasteiger partial charge in [0.25, 0.3) is 0 Å². The first kappa shape index (κ1) is 13.0. The van der Waals surface area contributed by atoms with E-state index in [1.165, 1.54) is 38.5 Å². The van der Waals surface area contributed by atoms with Crippen LogP contribution in [-0.4, -0.2) is 18.8 Å². The minimum Gasteiger partial charge on any atom is -0.379 e. The zero-order valence-corrected chi connectivity index (χ0v) is 10.6. The third-order valence-electron chi connectivity index (χ3n) is 3.67. The van der Waals surface area contributed by atoms with E-state index in [1.807, 2.05) is 0 Å². The zero-order valence-electron chi connectivity index (χ0n) is 10.6. The van der Waals surface area contributed by atoms with Crippen molar-refractivity contribution in [2.75, 3.05) is 7.11 Å². The molecule has 0 aromatic heterocycles. The molecule has 2 N–H and O–H groups in total. The van der Waals surface area contributed by atoms with Gasteiger partial charge in [0.15, 0.2) is 0 Å². The fourth-order valence-electron chi connectivity index (χ4n) is 2.65. The Labute approximate surface area is 94.6 Å². The number of hydrogen-bond acceptors (Lipinski definition) is 2. The highest BCUT2D eigenvalue weighted by Crippen LogP contribution is 2.28. The van der Waals surface area contributed by atoms with Gasteiger partial charge in [-0.1, -0.05) is 32.1 Å². The maximum absolute atomic E-state index is 6.19. The standard InChI is InChI=1S/C13H27NO/c1-13(2,15-3)10-12(14)9-11-7-5-4-6-8-11/h11-12H,4-10,14H2,1-3H3. The van der Waals surface area contributed by atoms with Gasteiger partial charge in [-0.3, -0.25) is 0 Å². The van der Waals surface area contributed by atoms with Crippen molar-refractivity contribution in [1.29, 1.82) is 0 Å². The Morgan fingerprint density at radius 1 is 1.27 bits per heavy atom. The topological polar surface area (TPSA) is 35.2 Å². The first-order valence-corrected chi connectivity index (χ1v) is 6.34. The summed E-state index contributed by atoms with van der Waals surface area (Å²) in [4.78, 5) is 0. The van der Waals surface area contributed by atoms with Gasteiger partial charge in [-0.05, 0) is 32.6 Å². The van der Waals surface area contributed by atoms with Crippen LogP contribution in [0.15, 0.2) is 0 Å². The minimum absolute atomic E-state index is 0.0614. The summed E-state index contributed by atoms with van der Waals surface area (Å²) in [6, 6.07) is 0.308. The molecule has 1 saturated carbocycles. The Kier molecular flexibility index (Phi) is 5.07. The lowest BCUT2D eigenvalue weighted by Crippen LogP contribution is -2.35. The molecule has 2 nitrogen and oxygen atoms in total. The van der Waals surface area contributed by atoms with Crippen molar-refractivity contribution in [3.05, 3.63) is 0 Å². The van der Waals surface area contributed by atoms with Crippen molar-refractivity contribution in [3.63, 3.8) is 0 Å². The van der Waals surface area contributed by atoms with Crippen molar-refractivity contribution in [3.8, 4) is 0 Å². The molecule has 2 heteroatoms. The van der Waals surface area contributed by atoms with Crippen LogP contribution in [0.4, 0.5) is 0 Å². The molecule has 0 heterocycles. The fourth-order valence-corrected chi connectivity index (χ4v) is 2.65. The first-order valence-electron chi connectivity index (χ1n) is 6.34. The molecule has 1 aliphatic rings. The Hall–Kier alpha value is -0.0800. The van der Waals surface area contributed by atoms with E-state index in [0.29, 0.717) is 6.04 Å². The molecular formula is C13H27NO. The highest BCUT2D eigenvalue weighted by atomic mass is 16.5. The maximum atomic E-state index is 6.19. The van der Waals surface area contributed by atoms with Crippen molar-refractivity contribution < 1.29 is 4.74 Å². The van der Waals surface area contributed by atoms with Crippen LogP contribution in [0.1, 0.15) is 58.8 Å². The minimum atomic E-state index is -0.0614. The van der Waals surface area contributed by atoms with Crippen LogP contribution >= 0.6 is 0 Å². The third-order valence-corrected chi connectivity index (χ3v) is 3.67. The van der Waals surface area contributed by atoms with Gasteiger partial charge in [0.05, 0.1) is 5.60 Å². The number of hydrogen-bond donors (Lipinski definition) is 1. The molecule has 1 rings (SSSR count). The molecular weight excluding hydrogens is 186 g/mol. The predicted octanol–water partition coefficient (Wildman–Crippen LogP) is 3.10. The summed E-state index contributed by atoms with van der Waals surface area (Å²) >= 11 is 0. The molecule has 0 saturated heterocycles. The molecule has 90 valence electrons. The van der Waals surface area contributed by atoms with E-state index in [1.54, 1.807) is 7.11 Å². The normalized spacial score (nSPS) is 21.6. The van der Waals surface area contributed by atoms with Crippen LogP contribution in [0.2, 0.25) is 0 Å². The summed E-state index contributed by atoms with van der Waals surface area (Å²) < 4.78 is 5.42. The fraction of sp³-hybridized carbons (Fsp3) is 1.00. The van der Waals surface area contributed by atoms with E-state index >= 15 is 0 Å². The third kappa shape index (κ3) is 4.98. The van der Waals surface area contributed by atoms with E-state index in [-0.39, 0.29) is 5.60 Å². The Morgan fingerprint density at radius 2 is 1.87 bits per heavy atom. The molecule has 0 spiro atoms. The van der Waals surface area contributed by atoms with Crippen molar-refractivity contribution in [2.45, 2.75) is 70.4 Å². The van der Waals surface area contributed by atoms with E-state index in [2.05, 4.69) is 13.8 Å². The number of ether oxygens (including phenoxy) is 1. The van der Waals surface area contributed by atoms with Gasteiger partial charge in [-0.25, -0.2) is 0 Å². The number of methoxy groups -OCH3 is 1. The van der Waals surface area contributed by atoms with Crippen LogP contribution in [0.3, 0.4) is 0 Å². The van der Waals surface area contributed by atoms with Gasteiger partial charge in [0.2, 0.25) is 0 Å². The highest BCUT2D eigenvalue weighted by molar-refractivity contribution is 4.79. The second-order valence-electron chi connectivity index (χ2n) is 5.67. The summed E-state index contributed by atoms with van der Waals surface area (Å²) in [6.07, 6.45) is 9.18. The number of nitrogens with two attached hydrogens (primary N) is 1. The van der Waals surface area contributed by atoms with Gasteiger partial charge in [-0.2, -0.15) is 0 Å². The van der Waals surface area contributed by atoms with Crippen LogP contribution < -0.4 is 5.73 Å². The quantitative estimate of drug-likeness (QED) is 0.761. The lowest BCUT2D eigenvalue weighted by molar-refractivity contribution is 0.00800. The van der Waals surface area contributed by atoms with Crippen molar-refractivity contribution in [1.82, 2.24) is 0 Å². The molecule has 0 amide bonds. The molecule has 0 aliphatic heterocycles. The lowest BCUT2D eigenvalue weighted by Gasteiger charge is -2.30. The summed E-state index contributed by atoms with van der Waals surface area (Å²) in [5.74, 6) is 0.876. The average Bonchev–Trinajstić information content (AvgIpc) is 2.18. The van der Waals surface area contributed by atoms with E-state index in [9.17, 15) is 0 Å². The summed E-state index contributed by atoms with van der Waals surface area (Å²) in [6.45, 7) is 4.24. The molecule has 1 fully saturated rings. The lowest BCUT2D eigenvalue weighted by atomic mass is 9.83. The Balaban J connectivity index is 2.25. The first-order chi connectivity index (χ1) is 7.03. The Bertz CT molecular complexity index is 173. The second kappa shape index (κ2) is 5.86. The predicted molar refractivity (Wildman–Crippen MR) is 64.9 cm³/mol. The molecule has 15 heavy (non-hydrogen) atoms. The van der Waals surface area contributed by atoms with Gasteiger partial charge < -0.3 is 10.5 Å². The SMILES string of the molecule is COC(C)(C)CC(N)CC1CCCCC1. The summed E-state index contributed by atoms with van der Waals surface area (Å²) in [5, 5.41) is 0. The zero-order chi connectivity index (χ0) is 11.3. The molecule has 0 radical (unpaired) electrons. The van der Waals surface area contributed by atoms with Crippen LogP contribution in [-0.2, 0) is 4.74 Å². The van der Waals surface area contributed by atoms with Crippen LogP contribution in [0.5, 0.6) is 0 Å². The number of rotatable bonds is 5. The van der Waals surface area contributed by atoms with Gasteiger partial charge in [0, 0.05) is 13.2 Å². The molecule has 0 aromatic rings. The molecule has 1 aliphatic carbocycles. The van der Waals surface area contributed by atoms with E-state index in [4.69, 9.17) is 10.5 Å². The molecule has 1 unspecified atom stereocenters. The van der Waals surface area contributed by atoms with Crippen LogP contribution in [0, 0.1) is 5.92 Å². The molecule has 0 bridgehead atoms. The van der Waals surface area contributed by atoms with E-state index in [0.717, 1.165) is 12.3 Å². The van der Waals surface area contributed by atoms with E-state index < -0.39 is 0 Å². The molecule has 1 atom stereocenters. The van der Waals surface area contributed by atoms with Crippen LogP contribution in [0.25, 0.3) is 0 Å². The van der Waals surface area contributed by atoms with Crippen molar-refractivity contribution >= 4 is 0 Å². The summed E-state index contributed by atoms with van der Waals surface area (Å²) in [7, 11) is 1.77. The summed E-state index contributed by atoms with van der Waals surface area (Å²) in [5.41, 5.74) is 6.12. The second-order valence-corrected chi connectivity index (χ2v) is 5.67. The van der Waals surface area contributed by atoms with Gasteiger partial charge in [0.1, 0.15) is 0 Å². The average molecular weight is 213 g/mol.